The quantitative estimate of drug-likeness (QED) is 0.756. The minimum atomic E-state index is -0.989. The van der Waals surface area contributed by atoms with Crippen LogP contribution < -0.4 is 0 Å². The largest absolute Gasteiger partial charge is 0.460 e. The van der Waals surface area contributed by atoms with Crippen molar-refractivity contribution in [2.24, 2.45) is 0 Å². The van der Waals surface area contributed by atoms with Gasteiger partial charge in [0, 0.05) is 15.2 Å². The Kier molecular flexibility index (Phi) is 2.66. The molecule has 1 heterocycles. The third-order valence-corrected chi connectivity index (χ3v) is 3.81. The molecule has 0 saturated carbocycles. The van der Waals surface area contributed by atoms with Crippen LogP contribution in [0.3, 0.4) is 0 Å². The first-order valence-corrected chi connectivity index (χ1v) is 6.75. The molecule has 2 rings (SSSR count). The Balaban J connectivity index is 2.86. The van der Waals surface area contributed by atoms with Crippen molar-refractivity contribution in [1.29, 1.82) is 0 Å². The molecule has 0 spiro atoms. The molecule has 2 aromatic rings. The molecule has 0 fully saturated rings. The molecule has 0 radical (unpaired) electrons. The molecule has 74 valence electrons. The molecule has 1 aromatic heterocycles. The SMILES string of the molecule is Cc1oc2ccc(I)cc2c1[S@@](C)=O. The molecule has 0 aliphatic rings. The van der Waals surface area contributed by atoms with E-state index in [1.165, 1.54) is 0 Å². The van der Waals surface area contributed by atoms with Gasteiger partial charge in [-0.25, -0.2) is 0 Å². The fourth-order valence-electron chi connectivity index (χ4n) is 1.53. The third kappa shape index (κ3) is 1.61. The number of benzene rings is 1. The molecule has 2 nitrogen and oxygen atoms in total. The lowest BCUT2D eigenvalue weighted by Gasteiger charge is -1.93. The van der Waals surface area contributed by atoms with Gasteiger partial charge in [-0.3, -0.25) is 4.21 Å². The maximum atomic E-state index is 11.5. The molecular formula is C10H9IO2S. The highest BCUT2D eigenvalue weighted by Crippen LogP contribution is 2.28. The van der Waals surface area contributed by atoms with Crippen LogP contribution >= 0.6 is 22.6 Å². The van der Waals surface area contributed by atoms with E-state index in [1.54, 1.807) is 6.26 Å². The number of hydrogen-bond acceptors (Lipinski definition) is 2. The highest BCUT2D eigenvalue weighted by atomic mass is 127. The van der Waals surface area contributed by atoms with Crippen LogP contribution in [0, 0.1) is 10.5 Å². The summed E-state index contributed by atoms with van der Waals surface area (Å²) >= 11 is 2.24. The standard InChI is InChI=1S/C10H9IO2S/c1-6-10(14(2)12)8-5-7(11)3-4-9(8)13-6/h3-5H,1-2H3/t14-/m1/s1. The minimum absolute atomic E-state index is 0.753. The Hall–Kier alpha value is -0.360. The molecule has 0 saturated heterocycles. The van der Waals surface area contributed by atoms with Gasteiger partial charge >= 0.3 is 0 Å². The molecule has 4 heteroatoms. The summed E-state index contributed by atoms with van der Waals surface area (Å²) in [4.78, 5) is 0.818. The van der Waals surface area contributed by atoms with Crippen molar-refractivity contribution in [2.75, 3.05) is 6.26 Å². The summed E-state index contributed by atoms with van der Waals surface area (Å²) in [7, 11) is -0.989. The molecule has 0 unspecified atom stereocenters. The smallest absolute Gasteiger partial charge is 0.135 e. The van der Waals surface area contributed by atoms with Crippen LogP contribution in [-0.4, -0.2) is 10.5 Å². The molecule has 0 aliphatic heterocycles. The predicted octanol–water partition coefficient (Wildman–Crippen LogP) is 3.08. The van der Waals surface area contributed by atoms with Gasteiger partial charge in [-0.2, -0.15) is 0 Å². The van der Waals surface area contributed by atoms with Gasteiger partial charge in [0.15, 0.2) is 0 Å². The van der Waals surface area contributed by atoms with Crippen molar-refractivity contribution < 1.29 is 8.63 Å². The zero-order chi connectivity index (χ0) is 10.3. The van der Waals surface area contributed by atoms with Gasteiger partial charge in [-0.15, -0.1) is 0 Å². The van der Waals surface area contributed by atoms with E-state index in [4.69, 9.17) is 4.42 Å². The van der Waals surface area contributed by atoms with Gasteiger partial charge in [0.1, 0.15) is 11.3 Å². The first-order valence-electron chi connectivity index (χ1n) is 4.11. The number of aryl methyl sites for hydroxylation is 1. The lowest BCUT2D eigenvalue weighted by molar-refractivity contribution is 0.566. The van der Waals surface area contributed by atoms with E-state index in [2.05, 4.69) is 22.6 Å². The summed E-state index contributed by atoms with van der Waals surface area (Å²) in [6, 6.07) is 5.90. The highest BCUT2D eigenvalue weighted by molar-refractivity contribution is 14.1. The number of halogens is 1. The molecule has 1 atom stereocenters. The second-order valence-corrected chi connectivity index (χ2v) is 5.64. The van der Waals surface area contributed by atoms with E-state index in [0.29, 0.717) is 0 Å². The van der Waals surface area contributed by atoms with Gasteiger partial charge in [0.25, 0.3) is 0 Å². The zero-order valence-corrected chi connectivity index (χ0v) is 10.8. The minimum Gasteiger partial charge on any atom is -0.460 e. The van der Waals surface area contributed by atoms with Crippen LogP contribution in [0.4, 0.5) is 0 Å². The van der Waals surface area contributed by atoms with Gasteiger partial charge in [0.05, 0.1) is 15.7 Å². The maximum absolute atomic E-state index is 11.5. The van der Waals surface area contributed by atoms with Crippen molar-refractivity contribution in [2.45, 2.75) is 11.8 Å². The van der Waals surface area contributed by atoms with Crippen LogP contribution in [0.25, 0.3) is 11.0 Å². The number of furan rings is 1. The average molecular weight is 320 g/mol. The average Bonchev–Trinajstić information content (AvgIpc) is 2.40. The van der Waals surface area contributed by atoms with Crippen molar-refractivity contribution in [3.8, 4) is 0 Å². The van der Waals surface area contributed by atoms with E-state index in [9.17, 15) is 4.21 Å². The fraction of sp³-hybridized carbons (Fsp3) is 0.200. The number of fused-ring (bicyclic) bond motifs is 1. The molecule has 0 bridgehead atoms. The third-order valence-electron chi connectivity index (χ3n) is 2.06. The Morgan fingerprint density at radius 1 is 1.43 bits per heavy atom. The van der Waals surface area contributed by atoms with Crippen LogP contribution in [0.5, 0.6) is 0 Å². The van der Waals surface area contributed by atoms with Crippen molar-refractivity contribution in [3.05, 3.63) is 27.5 Å². The van der Waals surface area contributed by atoms with Crippen molar-refractivity contribution in [1.82, 2.24) is 0 Å². The molecule has 14 heavy (non-hydrogen) atoms. The second-order valence-electron chi connectivity index (χ2n) is 3.08. The summed E-state index contributed by atoms with van der Waals surface area (Å²) in [5, 5.41) is 0.968. The second kappa shape index (κ2) is 3.66. The molecular weight excluding hydrogens is 311 g/mol. The fourth-order valence-corrected chi connectivity index (χ4v) is 2.93. The van der Waals surface area contributed by atoms with E-state index >= 15 is 0 Å². The summed E-state index contributed by atoms with van der Waals surface area (Å²) in [5.41, 5.74) is 0.813. The Morgan fingerprint density at radius 2 is 2.14 bits per heavy atom. The van der Waals surface area contributed by atoms with Crippen LogP contribution in [0.1, 0.15) is 5.76 Å². The van der Waals surface area contributed by atoms with E-state index in [-0.39, 0.29) is 0 Å². The molecule has 0 N–H and O–H groups in total. The van der Waals surface area contributed by atoms with Crippen LogP contribution in [0.2, 0.25) is 0 Å². The van der Waals surface area contributed by atoms with E-state index in [0.717, 1.165) is 25.2 Å². The van der Waals surface area contributed by atoms with Crippen molar-refractivity contribution >= 4 is 44.4 Å². The van der Waals surface area contributed by atoms with Crippen LogP contribution in [0.15, 0.2) is 27.5 Å². The topological polar surface area (TPSA) is 30.2 Å². The highest BCUT2D eigenvalue weighted by Gasteiger charge is 2.13. The molecule has 1 aromatic carbocycles. The summed E-state index contributed by atoms with van der Waals surface area (Å²) in [5.74, 6) is 0.753. The summed E-state index contributed by atoms with van der Waals surface area (Å²) in [6.45, 7) is 1.85. The summed E-state index contributed by atoms with van der Waals surface area (Å²) in [6.07, 6.45) is 1.68. The Labute approximate surface area is 98.3 Å². The first-order chi connectivity index (χ1) is 6.59. The van der Waals surface area contributed by atoms with Gasteiger partial charge in [0.2, 0.25) is 0 Å². The van der Waals surface area contributed by atoms with E-state index in [1.807, 2.05) is 25.1 Å². The Bertz CT molecular complexity index is 516. The van der Waals surface area contributed by atoms with Gasteiger partial charge in [-0.1, -0.05) is 0 Å². The maximum Gasteiger partial charge on any atom is 0.135 e. The lowest BCUT2D eigenvalue weighted by Crippen LogP contribution is -1.87. The first kappa shape index (κ1) is 10.2. The predicted molar refractivity (Wildman–Crippen MR) is 66.0 cm³/mol. The Morgan fingerprint density at radius 3 is 2.79 bits per heavy atom. The van der Waals surface area contributed by atoms with Gasteiger partial charge in [-0.05, 0) is 47.7 Å². The van der Waals surface area contributed by atoms with Gasteiger partial charge < -0.3 is 4.42 Å². The zero-order valence-electron chi connectivity index (χ0n) is 7.83. The normalized spacial score (nSPS) is 13.4. The molecule has 0 aliphatic carbocycles. The number of rotatable bonds is 1. The lowest BCUT2D eigenvalue weighted by atomic mass is 10.2. The number of hydrogen-bond donors (Lipinski definition) is 0. The van der Waals surface area contributed by atoms with Crippen molar-refractivity contribution in [3.63, 3.8) is 0 Å². The van der Waals surface area contributed by atoms with Crippen LogP contribution in [-0.2, 0) is 10.8 Å². The summed E-state index contributed by atoms with van der Waals surface area (Å²) < 4.78 is 18.1. The monoisotopic (exact) mass is 320 g/mol. The molecule has 0 amide bonds. The van der Waals surface area contributed by atoms with E-state index < -0.39 is 10.8 Å².